The molecule has 0 aliphatic carbocycles. The van der Waals surface area contributed by atoms with Gasteiger partial charge in [-0.1, -0.05) is 54.6 Å². The van der Waals surface area contributed by atoms with E-state index in [1.165, 1.54) is 7.11 Å². The topological polar surface area (TPSA) is 73.9 Å². The summed E-state index contributed by atoms with van der Waals surface area (Å²) < 4.78 is 16.4. The van der Waals surface area contributed by atoms with Crippen LogP contribution in [0.1, 0.15) is 52.9 Å². The molecule has 0 spiro atoms. The Kier molecular flexibility index (Phi) is 7.83. The molecular weight excluding hydrogens is 442 g/mol. The van der Waals surface area contributed by atoms with Gasteiger partial charge in [0.15, 0.2) is 0 Å². The lowest BCUT2D eigenvalue weighted by Crippen LogP contribution is -2.48. The molecule has 1 aliphatic rings. The molecule has 1 saturated heterocycles. The number of carbonyl (C=O) groups is 2. The average molecular weight is 474 g/mol. The molecule has 1 atom stereocenters. The quantitative estimate of drug-likeness (QED) is 0.467. The van der Waals surface area contributed by atoms with Crippen LogP contribution in [0.15, 0.2) is 78.9 Å². The second-order valence-electron chi connectivity index (χ2n) is 8.81. The van der Waals surface area contributed by atoms with Crippen molar-refractivity contribution in [2.24, 2.45) is 0 Å². The van der Waals surface area contributed by atoms with Gasteiger partial charge in [-0.15, -0.1) is 0 Å². The molecule has 0 radical (unpaired) electrons. The number of carbonyl (C=O) groups excluding carboxylic acids is 2. The van der Waals surface area contributed by atoms with Crippen LogP contribution in [-0.2, 0) is 26.3 Å². The molecule has 1 N–H and O–H groups in total. The van der Waals surface area contributed by atoms with E-state index in [0.717, 1.165) is 22.4 Å². The van der Waals surface area contributed by atoms with Crippen LogP contribution >= 0.6 is 0 Å². The van der Waals surface area contributed by atoms with Gasteiger partial charge in [-0.25, -0.2) is 4.79 Å². The van der Waals surface area contributed by atoms with Crippen LogP contribution in [0.25, 0.3) is 0 Å². The van der Waals surface area contributed by atoms with Crippen LogP contribution in [0.4, 0.5) is 0 Å². The van der Waals surface area contributed by atoms with Gasteiger partial charge in [0.05, 0.1) is 24.1 Å². The Bertz CT molecular complexity index is 1140. The van der Waals surface area contributed by atoms with Gasteiger partial charge in [-0.05, 0) is 60.7 Å². The number of hydrogen-bond donors (Lipinski definition) is 1. The number of ether oxygens (including phenoxy) is 3. The zero-order valence-corrected chi connectivity index (χ0v) is 20.2. The average Bonchev–Trinajstić information content (AvgIpc) is 2.92. The number of nitrogens with one attached hydrogen (secondary N) is 1. The van der Waals surface area contributed by atoms with Crippen molar-refractivity contribution in [1.82, 2.24) is 5.32 Å². The van der Waals surface area contributed by atoms with Crippen LogP contribution < -0.4 is 10.1 Å². The summed E-state index contributed by atoms with van der Waals surface area (Å²) in [6.45, 7) is 3.44. The second-order valence-corrected chi connectivity index (χ2v) is 8.81. The predicted molar refractivity (Wildman–Crippen MR) is 133 cm³/mol. The van der Waals surface area contributed by atoms with E-state index in [9.17, 15) is 9.59 Å². The molecule has 1 amide bonds. The first kappa shape index (κ1) is 24.5. The van der Waals surface area contributed by atoms with E-state index in [1.807, 2.05) is 73.7 Å². The third kappa shape index (κ3) is 5.72. The summed E-state index contributed by atoms with van der Waals surface area (Å²) in [5, 5.41) is 3.19. The maximum absolute atomic E-state index is 13.7. The number of methoxy groups -OCH3 is 1. The van der Waals surface area contributed by atoms with E-state index < -0.39 is 5.41 Å². The van der Waals surface area contributed by atoms with E-state index >= 15 is 0 Å². The van der Waals surface area contributed by atoms with Gasteiger partial charge >= 0.3 is 5.97 Å². The van der Waals surface area contributed by atoms with Gasteiger partial charge in [0.25, 0.3) is 0 Å². The SMILES string of the molecule is COC(=O)c1ccc(C(C)NC(=O)C2(c3cccc(OCc4ccccc4)c3)CCOCC2)cc1. The monoisotopic (exact) mass is 473 g/mol. The Morgan fingerprint density at radius 2 is 1.69 bits per heavy atom. The van der Waals surface area contributed by atoms with Crippen molar-refractivity contribution in [2.45, 2.75) is 37.8 Å². The van der Waals surface area contributed by atoms with Crippen molar-refractivity contribution in [3.63, 3.8) is 0 Å². The van der Waals surface area contributed by atoms with Gasteiger partial charge < -0.3 is 19.5 Å². The van der Waals surface area contributed by atoms with Gasteiger partial charge in [-0.3, -0.25) is 4.79 Å². The minimum atomic E-state index is -0.704. The lowest BCUT2D eigenvalue weighted by molar-refractivity contribution is -0.131. The molecule has 0 bridgehead atoms. The highest BCUT2D eigenvalue weighted by Gasteiger charge is 2.42. The Labute approximate surface area is 206 Å². The molecule has 3 aromatic rings. The van der Waals surface area contributed by atoms with Crippen LogP contribution in [0.2, 0.25) is 0 Å². The largest absolute Gasteiger partial charge is 0.489 e. The number of benzene rings is 3. The minimum Gasteiger partial charge on any atom is -0.489 e. The first-order valence-electron chi connectivity index (χ1n) is 11.9. The number of amides is 1. The molecule has 1 heterocycles. The van der Waals surface area contributed by atoms with Gasteiger partial charge in [0, 0.05) is 13.2 Å². The minimum absolute atomic E-state index is 0.0365. The number of esters is 1. The summed E-state index contributed by atoms with van der Waals surface area (Å²) in [4.78, 5) is 25.5. The van der Waals surface area contributed by atoms with Gasteiger partial charge in [0.2, 0.25) is 5.91 Å². The van der Waals surface area contributed by atoms with Crippen LogP contribution in [-0.4, -0.2) is 32.2 Å². The lowest BCUT2D eigenvalue weighted by atomic mass is 9.73. The van der Waals surface area contributed by atoms with Crippen molar-refractivity contribution in [3.8, 4) is 5.75 Å². The number of hydrogen-bond acceptors (Lipinski definition) is 5. The Morgan fingerprint density at radius 3 is 2.37 bits per heavy atom. The van der Waals surface area contributed by atoms with Crippen molar-refractivity contribution in [2.75, 3.05) is 20.3 Å². The molecule has 4 rings (SSSR count). The van der Waals surface area contributed by atoms with Crippen molar-refractivity contribution in [3.05, 3.63) is 101 Å². The summed E-state index contributed by atoms with van der Waals surface area (Å²) >= 11 is 0. The van der Waals surface area contributed by atoms with E-state index in [-0.39, 0.29) is 17.9 Å². The predicted octanol–water partition coefficient (Wildman–Crippen LogP) is 4.98. The molecule has 6 heteroatoms. The molecule has 182 valence electrons. The zero-order chi connectivity index (χ0) is 24.7. The van der Waals surface area contributed by atoms with E-state index in [1.54, 1.807) is 12.1 Å². The first-order valence-corrected chi connectivity index (χ1v) is 11.9. The fraction of sp³-hybridized carbons (Fsp3) is 0.310. The van der Waals surface area contributed by atoms with E-state index in [2.05, 4.69) is 5.32 Å². The highest BCUT2D eigenvalue weighted by molar-refractivity contribution is 5.90. The highest BCUT2D eigenvalue weighted by atomic mass is 16.5. The third-order valence-electron chi connectivity index (χ3n) is 6.60. The smallest absolute Gasteiger partial charge is 0.337 e. The van der Waals surface area contributed by atoms with Crippen LogP contribution in [0.3, 0.4) is 0 Å². The van der Waals surface area contributed by atoms with Gasteiger partial charge in [0.1, 0.15) is 12.4 Å². The summed E-state index contributed by atoms with van der Waals surface area (Å²) in [6.07, 6.45) is 1.18. The van der Waals surface area contributed by atoms with Crippen molar-refractivity contribution < 1.29 is 23.8 Å². The molecule has 35 heavy (non-hydrogen) atoms. The summed E-state index contributed by atoms with van der Waals surface area (Å²) in [7, 11) is 1.36. The van der Waals surface area contributed by atoms with Crippen molar-refractivity contribution in [1.29, 1.82) is 0 Å². The van der Waals surface area contributed by atoms with E-state index in [4.69, 9.17) is 14.2 Å². The maximum Gasteiger partial charge on any atom is 0.337 e. The highest BCUT2D eigenvalue weighted by Crippen LogP contribution is 2.37. The molecule has 1 unspecified atom stereocenters. The summed E-state index contributed by atoms with van der Waals surface area (Å²) in [6, 6.07) is 24.7. The fourth-order valence-corrected chi connectivity index (χ4v) is 4.43. The molecule has 0 aromatic heterocycles. The Balaban J connectivity index is 1.52. The molecule has 0 saturated carbocycles. The van der Waals surface area contributed by atoms with Crippen LogP contribution in [0.5, 0.6) is 5.75 Å². The zero-order valence-electron chi connectivity index (χ0n) is 20.2. The van der Waals surface area contributed by atoms with E-state index in [0.29, 0.717) is 38.2 Å². The number of rotatable bonds is 8. The van der Waals surface area contributed by atoms with Crippen LogP contribution in [0, 0.1) is 0 Å². The Hall–Kier alpha value is -3.64. The summed E-state index contributed by atoms with van der Waals surface area (Å²) in [5.41, 5.74) is 2.70. The molecule has 1 fully saturated rings. The fourth-order valence-electron chi connectivity index (χ4n) is 4.43. The maximum atomic E-state index is 13.7. The molecule has 3 aromatic carbocycles. The third-order valence-corrected chi connectivity index (χ3v) is 6.60. The normalized spacial score (nSPS) is 15.6. The first-order chi connectivity index (χ1) is 17.0. The molecular formula is C29H31NO5. The second kappa shape index (κ2) is 11.2. The molecule has 6 nitrogen and oxygen atoms in total. The Morgan fingerprint density at radius 1 is 0.971 bits per heavy atom. The summed E-state index contributed by atoms with van der Waals surface area (Å²) in [5.74, 6) is 0.311. The van der Waals surface area contributed by atoms with Gasteiger partial charge in [-0.2, -0.15) is 0 Å². The lowest BCUT2D eigenvalue weighted by Gasteiger charge is -2.37. The molecule has 1 aliphatic heterocycles. The van der Waals surface area contributed by atoms with Crippen molar-refractivity contribution >= 4 is 11.9 Å². The standard InChI is InChI=1S/C29H31NO5/c1-21(23-11-13-24(14-12-23)27(31)33-2)30-28(32)29(15-17-34-18-16-29)25-9-6-10-26(19-25)35-20-22-7-4-3-5-8-22/h3-14,19,21H,15-18,20H2,1-2H3,(H,30,32).